The molecule has 1 amide bonds. The zero-order valence-electron chi connectivity index (χ0n) is 10.2. The first kappa shape index (κ1) is 11.9. The van der Waals surface area contributed by atoms with Crippen LogP contribution >= 0.6 is 0 Å². The van der Waals surface area contributed by atoms with Gasteiger partial charge in [0.1, 0.15) is 5.82 Å². The number of nitrogens with zero attached hydrogens (tertiary/aromatic N) is 2. The van der Waals surface area contributed by atoms with E-state index in [1.165, 1.54) is 5.56 Å². The average Bonchev–Trinajstić information content (AvgIpc) is 2.39. The zero-order chi connectivity index (χ0) is 12.3. The van der Waals surface area contributed by atoms with E-state index < -0.39 is 0 Å². The fourth-order valence-corrected chi connectivity index (χ4v) is 2.23. The number of aryl methyl sites for hydroxylation is 1. The van der Waals surface area contributed by atoms with E-state index in [1.54, 1.807) is 0 Å². The highest BCUT2D eigenvalue weighted by molar-refractivity contribution is 5.77. The van der Waals surface area contributed by atoms with Crippen LogP contribution in [-0.2, 0) is 11.2 Å². The van der Waals surface area contributed by atoms with Gasteiger partial charge < -0.3 is 10.6 Å². The number of hydrogen-bond donors (Lipinski definition) is 1. The minimum Gasteiger partial charge on any atom is -0.369 e. The smallest absolute Gasteiger partial charge is 0.222 e. The third kappa shape index (κ3) is 2.75. The quantitative estimate of drug-likeness (QED) is 0.857. The molecule has 1 saturated heterocycles. The Balaban J connectivity index is 2.08. The summed E-state index contributed by atoms with van der Waals surface area (Å²) >= 11 is 0. The number of carbonyl (C=O) groups excluding carboxylic acids is 1. The lowest BCUT2D eigenvalue weighted by Gasteiger charge is -2.32. The topological polar surface area (TPSA) is 59.2 Å². The van der Waals surface area contributed by atoms with Gasteiger partial charge in [0.05, 0.1) is 5.92 Å². The molecule has 0 radical (unpaired) electrons. The van der Waals surface area contributed by atoms with Gasteiger partial charge >= 0.3 is 0 Å². The highest BCUT2D eigenvalue weighted by Crippen LogP contribution is 2.21. The van der Waals surface area contributed by atoms with E-state index in [-0.39, 0.29) is 11.8 Å². The van der Waals surface area contributed by atoms with Crippen molar-refractivity contribution >= 4 is 11.7 Å². The van der Waals surface area contributed by atoms with Crippen LogP contribution in [0.1, 0.15) is 25.3 Å². The molecule has 0 saturated carbocycles. The largest absolute Gasteiger partial charge is 0.369 e. The van der Waals surface area contributed by atoms with Crippen molar-refractivity contribution in [3.63, 3.8) is 0 Å². The summed E-state index contributed by atoms with van der Waals surface area (Å²) in [5, 5.41) is 0. The molecule has 1 atom stereocenters. The SMILES string of the molecule is CCc1ccc(N2CCCC(C(N)=O)C2)nc1. The number of amides is 1. The number of carbonyl (C=O) groups is 1. The van der Waals surface area contributed by atoms with Crippen molar-refractivity contribution in [2.45, 2.75) is 26.2 Å². The van der Waals surface area contributed by atoms with Gasteiger partial charge in [0, 0.05) is 19.3 Å². The van der Waals surface area contributed by atoms with Crippen LogP contribution < -0.4 is 10.6 Å². The molecule has 0 aliphatic carbocycles. The number of anilines is 1. The summed E-state index contributed by atoms with van der Waals surface area (Å²) in [6, 6.07) is 4.12. The van der Waals surface area contributed by atoms with Crippen LogP contribution in [0.15, 0.2) is 18.3 Å². The van der Waals surface area contributed by atoms with E-state index in [2.05, 4.69) is 22.9 Å². The first-order valence-corrected chi connectivity index (χ1v) is 6.20. The molecule has 2 rings (SSSR count). The second-order valence-electron chi connectivity index (χ2n) is 4.57. The maximum Gasteiger partial charge on any atom is 0.222 e. The lowest BCUT2D eigenvalue weighted by Crippen LogP contribution is -2.41. The Bertz CT molecular complexity index is 388. The summed E-state index contributed by atoms with van der Waals surface area (Å²) in [4.78, 5) is 17.8. The van der Waals surface area contributed by atoms with Crippen molar-refractivity contribution in [1.29, 1.82) is 0 Å². The van der Waals surface area contributed by atoms with Crippen molar-refractivity contribution in [1.82, 2.24) is 4.98 Å². The van der Waals surface area contributed by atoms with Crippen molar-refractivity contribution in [2.75, 3.05) is 18.0 Å². The van der Waals surface area contributed by atoms with Gasteiger partial charge in [-0.15, -0.1) is 0 Å². The highest BCUT2D eigenvalue weighted by Gasteiger charge is 2.24. The van der Waals surface area contributed by atoms with Gasteiger partial charge in [0.25, 0.3) is 0 Å². The molecule has 1 unspecified atom stereocenters. The Hall–Kier alpha value is -1.58. The van der Waals surface area contributed by atoms with Gasteiger partial charge in [-0.1, -0.05) is 13.0 Å². The summed E-state index contributed by atoms with van der Waals surface area (Å²) < 4.78 is 0. The van der Waals surface area contributed by atoms with Gasteiger partial charge in [-0.05, 0) is 30.9 Å². The number of nitrogens with two attached hydrogens (primary N) is 1. The second kappa shape index (κ2) is 5.17. The Morgan fingerprint density at radius 3 is 3.00 bits per heavy atom. The number of pyridine rings is 1. The van der Waals surface area contributed by atoms with Gasteiger partial charge in [-0.2, -0.15) is 0 Å². The lowest BCUT2D eigenvalue weighted by atomic mass is 9.97. The number of aromatic nitrogens is 1. The molecule has 0 spiro atoms. The van der Waals surface area contributed by atoms with Crippen molar-refractivity contribution in [3.8, 4) is 0 Å². The van der Waals surface area contributed by atoms with Crippen molar-refractivity contribution in [3.05, 3.63) is 23.9 Å². The molecule has 1 aromatic rings. The lowest BCUT2D eigenvalue weighted by molar-refractivity contribution is -0.122. The fourth-order valence-electron chi connectivity index (χ4n) is 2.23. The first-order chi connectivity index (χ1) is 8.20. The van der Waals surface area contributed by atoms with Gasteiger partial charge in [-0.3, -0.25) is 4.79 Å². The third-order valence-corrected chi connectivity index (χ3v) is 3.37. The number of rotatable bonds is 3. The first-order valence-electron chi connectivity index (χ1n) is 6.20. The predicted molar refractivity (Wildman–Crippen MR) is 67.7 cm³/mol. The molecule has 17 heavy (non-hydrogen) atoms. The number of piperidine rings is 1. The highest BCUT2D eigenvalue weighted by atomic mass is 16.1. The molecule has 1 fully saturated rings. The van der Waals surface area contributed by atoms with E-state index in [1.807, 2.05) is 12.3 Å². The van der Waals surface area contributed by atoms with E-state index in [0.29, 0.717) is 6.54 Å². The Morgan fingerprint density at radius 2 is 2.41 bits per heavy atom. The van der Waals surface area contributed by atoms with Gasteiger partial charge in [0.2, 0.25) is 5.91 Å². The summed E-state index contributed by atoms with van der Waals surface area (Å²) in [5.41, 5.74) is 6.60. The fraction of sp³-hybridized carbons (Fsp3) is 0.538. The molecule has 4 heteroatoms. The minimum absolute atomic E-state index is 0.0311. The molecule has 0 bridgehead atoms. The minimum atomic E-state index is -0.195. The van der Waals surface area contributed by atoms with Gasteiger partial charge in [0.15, 0.2) is 0 Å². The van der Waals surface area contributed by atoms with Gasteiger partial charge in [-0.25, -0.2) is 4.98 Å². The third-order valence-electron chi connectivity index (χ3n) is 3.37. The Morgan fingerprint density at radius 1 is 1.59 bits per heavy atom. The van der Waals surface area contributed by atoms with Crippen molar-refractivity contribution in [2.24, 2.45) is 11.7 Å². The molecule has 1 aromatic heterocycles. The maximum atomic E-state index is 11.2. The summed E-state index contributed by atoms with van der Waals surface area (Å²) in [6.07, 6.45) is 4.81. The monoisotopic (exact) mass is 233 g/mol. The molecule has 4 nitrogen and oxygen atoms in total. The van der Waals surface area contributed by atoms with E-state index in [9.17, 15) is 4.79 Å². The second-order valence-corrected chi connectivity index (χ2v) is 4.57. The van der Waals surface area contributed by atoms with E-state index in [0.717, 1.165) is 31.6 Å². The molecule has 1 aliphatic rings. The molecular weight excluding hydrogens is 214 g/mol. The molecule has 1 aliphatic heterocycles. The van der Waals surface area contributed by atoms with Crippen molar-refractivity contribution < 1.29 is 4.79 Å². The van der Waals surface area contributed by atoms with Crippen LogP contribution in [-0.4, -0.2) is 24.0 Å². The average molecular weight is 233 g/mol. The molecule has 2 N–H and O–H groups in total. The molecule has 0 aromatic carbocycles. The van der Waals surface area contributed by atoms with Crippen LogP contribution in [0.3, 0.4) is 0 Å². The summed E-state index contributed by atoms with van der Waals surface area (Å²) in [5.74, 6) is 0.726. The summed E-state index contributed by atoms with van der Waals surface area (Å²) in [7, 11) is 0. The number of hydrogen-bond acceptors (Lipinski definition) is 3. The van der Waals surface area contributed by atoms with Crippen LogP contribution in [0.25, 0.3) is 0 Å². The predicted octanol–water partition coefficient (Wildman–Crippen LogP) is 1.35. The molecule has 92 valence electrons. The van der Waals surface area contributed by atoms with Crippen LogP contribution in [0.2, 0.25) is 0 Å². The molecular formula is C13H19N3O. The van der Waals surface area contributed by atoms with Crippen LogP contribution in [0.5, 0.6) is 0 Å². The zero-order valence-corrected chi connectivity index (χ0v) is 10.2. The van der Waals surface area contributed by atoms with Crippen LogP contribution in [0, 0.1) is 5.92 Å². The van der Waals surface area contributed by atoms with E-state index in [4.69, 9.17) is 5.73 Å². The van der Waals surface area contributed by atoms with E-state index >= 15 is 0 Å². The Kier molecular flexibility index (Phi) is 3.61. The van der Waals surface area contributed by atoms with Crippen LogP contribution in [0.4, 0.5) is 5.82 Å². The summed E-state index contributed by atoms with van der Waals surface area (Å²) in [6.45, 7) is 3.77. The standard InChI is InChI=1S/C13H19N3O/c1-2-10-5-6-12(15-8-10)16-7-3-4-11(9-16)13(14)17/h5-6,8,11H,2-4,7,9H2,1H3,(H2,14,17). The maximum absolute atomic E-state index is 11.2. The number of primary amides is 1. The normalized spacial score (nSPS) is 20.3. The molecule has 2 heterocycles. The Labute approximate surface area is 102 Å².